The van der Waals surface area contributed by atoms with Gasteiger partial charge in [-0.2, -0.15) is 0 Å². The Morgan fingerprint density at radius 1 is 0.885 bits per heavy atom. The van der Waals surface area contributed by atoms with Crippen molar-refractivity contribution in [1.29, 1.82) is 0 Å². The van der Waals surface area contributed by atoms with Gasteiger partial charge in [-0.05, 0) is 43.2 Å². The minimum atomic E-state index is -0.447. The van der Waals surface area contributed by atoms with Crippen molar-refractivity contribution < 1.29 is 8.78 Å². The number of nitrogens with zero attached hydrogens (tertiary/aromatic N) is 5. The summed E-state index contributed by atoms with van der Waals surface area (Å²) in [5, 5.41) is 0. The molecule has 0 bridgehead atoms. The summed E-state index contributed by atoms with van der Waals surface area (Å²) in [6.45, 7) is 3.38. The summed E-state index contributed by atoms with van der Waals surface area (Å²) in [5.41, 5.74) is 3.83. The number of fused-ring (bicyclic) bond motifs is 1. The third kappa shape index (κ3) is 3.24. The molecule has 0 atom stereocenters. The van der Waals surface area contributed by atoms with Crippen LogP contribution < -0.4 is 4.90 Å². The number of aromatic nitrogens is 4. The second kappa shape index (κ2) is 6.74. The molecule has 0 radical (unpaired) electrons. The molecule has 3 heterocycles. The molecular formula is C19H17F2N5. The zero-order valence-electron chi connectivity index (χ0n) is 14.3. The van der Waals surface area contributed by atoms with Gasteiger partial charge in [-0.15, -0.1) is 0 Å². The van der Waals surface area contributed by atoms with Crippen LogP contribution in [0.3, 0.4) is 0 Å². The molecule has 0 amide bonds. The minimum absolute atomic E-state index is 0.282. The van der Waals surface area contributed by atoms with Gasteiger partial charge in [0.25, 0.3) is 0 Å². The first kappa shape index (κ1) is 16.5. The maximum absolute atomic E-state index is 13.2. The zero-order chi connectivity index (χ0) is 18.1. The smallest absolute Gasteiger partial charge is 0.225 e. The number of halogens is 2. The van der Waals surface area contributed by atoms with Crippen molar-refractivity contribution in [2.24, 2.45) is 0 Å². The van der Waals surface area contributed by atoms with E-state index in [2.05, 4.69) is 15.0 Å². The lowest BCUT2D eigenvalue weighted by atomic mass is 10.1. The molecule has 132 valence electrons. The van der Waals surface area contributed by atoms with Crippen molar-refractivity contribution in [3.8, 4) is 11.4 Å². The number of benzene rings is 1. The summed E-state index contributed by atoms with van der Waals surface area (Å²) >= 11 is 0. The fourth-order valence-corrected chi connectivity index (χ4v) is 3.18. The Kier molecular flexibility index (Phi) is 4.28. The van der Waals surface area contributed by atoms with Crippen molar-refractivity contribution in [1.82, 2.24) is 19.9 Å². The molecular weight excluding hydrogens is 336 g/mol. The zero-order valence-corrected chi connectivity index (χ0v) is 14.3. The van der Waals surface area contributed by atoms with Crippen molar-refractivity contribution in [2.75, 3.05) is 18.0 Å². The van der Waals surface area contributed by atoms with Gasteiger partial charge in [0.15, 0.2) is 11.6 Å². The van der Waals surface area contributed by atoms with Crippen molar-refractivity contribution in [2.45, 2.75) is 19.8 Å². The third-order valence-corrected chi connectivity index (χ3v) is 4.54. The van der Waals surface area contributed by atoms with E-state index in [9.17, 15) is 8.78 Å². The number of aryl methyl sites for hydroxylation is 1. The normalized spacial score (nSPS) is 14.0. The van der Waals surface area contributed by atoms with E-state index in [-0.39, 0.29) is 5.82 Å². The lowest BCUT2D eigenvalue weighted by Crippen LogP contribution is -2.27. The van der Waals surface area contributed by atoms with Gasteiger partial charge in [0.1, 0.15) is 5.82 Å². The summed E-state index contributed by atoms with van der Waals surface area (Å²) in [7, 11) is 0. The average molecular weight is 353 g/mol. The van der Waals surface area contributed by atoms with Crippen LogP contribution in [0.4, 0.5) is 14.7 Å². The van der Waals surface area contributed by atoms with Crippen LogP contribution >= 0.6 is 0 Å². The highest BCUT2D eigenvalue weighted by atomic mass is 19.1. The SMILES string of the molecule is Cc1nc(-c2ccc(F)cc2)nc2c1CCN(c1ncc(F)cn1)CC2. The molecule has 0 N–H and O–H groups in total. The van der Waals surface area contributed by atoms with Crippen LogP contribution in [-0.4, -0.2) is 33.0 Å². The molecule has 0 aliphatic carbocycles. The van der Waals surface area contributed by atoms with Gasteiger partial charge in [-0.3, -0.25) is 0 Å². The Morgan fingerprint density at radius 2 is 1.58 bits per heavy atom. The molecule has 3 aromatic rings. The molecule has 1 aromatic carbocycles. The Hall–Kier alpha value is -2.96. The first-order valence-electron chi connectivity index (χ1n) is 8.45. The Labute approximate surface area is 149 Å². The van der Waals surface area contributed by atoms with Gasteiger partial charge in [-0.1, -0.05) is 0 Å². The van der Waals surface area contributed by atoms with E-state index in [1.807, 2.05) is 11.8 Å². The number of anilines is 1. The highest BCUT2D eigenvalue weighted by Gasteiger charge is 2.20. The molecule has 0 unspecified atom stereocenters. The summed E-state index contributed by atoms with van der Waals surface area (Å²) in [6.07, 6.45) is 3.84. The van der Waals surface area contributed by atoms with Crippen LogP contribution in [0.2, 0.25) is 0 Å². The van der Waals surface area contributed by atoms with E-state index in [4.69, 9.17) is 4.98 Å². The second-order valence-corrected chi connectivity index (χ2v) is 6.25. The van der Waals surface area contributed by atoms with E-state index in [0.29, 0.717) is 24.7 Å². The van der Waals surface area contributed by atoms with E-state index in [0.717, 1.165) is 35.5 Å². The van der Waals surface area contributed by atoms with Crippen LogP contribution in [0.5, 0.6) is 0 Å². The molecule has 0 saturated heterocycles. The minimum Gasteiger partial charge on any atom is -0.340 e. The standard InChI is InChI=1S/C19H17F2N5/c1-12-16-6-8-26(19-22-10-15(21)11-23-19)9-7-17(16)25-18(24-12)13-2-4-14(20)5-3-13/h2-5,10-11H,6-9H2,1H3. The summed E-state index contributed by atoms with van der Waals surface area (Å²) in [5.74, 6) is 0.393. The molecule has 2 aromatic heterocycles. The lowest BCUT2D eigenvalue weighted by Gasteiger charge is -2.19. The molecule has 4 rings (SSSR count). The van der Waals surface area contributed by atoms with Crippen LogP contribution in [0.1, 0.15) is 17.0 Å². The fraction of sp³-hybridized carbons (Fsp3) is 0.263. The van der Waals surface area contributed by atoms with Crippen LogP contribution in [0.15, 0.2) is 36.7 Å². The Bertz CT molecular complexity index is 926. The molecule has 0 fully saturated rings. The predicted octanol–water partition coefficient (Wildman–Crippen LogP) is 3.13. The highest BCUT2D eigenvalue weighted by molar-refractivity contribution is 5.56. The average Bonchev–Trinajstić information content (AvgIpc) is 2.86. The first-order valence-corrected chi connectivity index (χ1v) is 8.45. The molecule has 7 heteroatoms. The van der Waals surface area contributed by atoms with Crippen molar-refractivity contribution >= 4 is 5.95 Å². The monoisotopic (exact) mass is 353 g/mol. The van der Waals surface area contributed by atoms with Gasteiger partial charge in [0.2, 0.25) is 5.95 Å². The third-order valence-electron chi connectivity index (χ3n) is 4.54. The first-order chi connectivity index (χ1) is 12.6. The summed E-state index contributed by atoms with van der Waals surface area (Å²) < 4.78 is 26.2. The summed E-state index contributed by atoms with van der Waals surface area (Å²) in [6, 6.07) is 6.19. The predicted molar refractivity (Wildman–Crippen MR) is 93.8 cm³/mol. The molecule has 0 spiro atoms. The Balaban J connectivity index is 1.62. The van der Waals surface area contributed by atoms with Crippen LogP contribution in [-0.2, 0) is 12.8 Å². The van der Waals surface area contributed by atoms with Gasteiger partial charge >= 0.3 is 0 Å². The second-order valence-electron chi connectivity index (χ2n) is 6.25. The van der Waals surface area contributed by atoms with E-state index >= 15 is 0 Å². The van der Waals surface area contributed by atoms with E-state index in [1.165, 1.54) is 24.5 Å². The molecule has 5 nitrogen and oxygen atoms in total. The van der Waals surface area contributed by atoms with Gasteiger partial charge < -0.3 is 4.90 Å². The van der Waals surface area contributed by atoms with Crippen LogP contribution in [0.25, 0.3) is 11.4 Å². The maximum atomic E-state index is 13.2. The largest absolute Gasteiger partial charge is 0.340 e. The molecule has 26 heavy (non-hydrogen) atoms. The molecule has 0 saturated carbocycles. The van der Waals surface area contributed by atoms with Gasteiger partial charge in [0.05, 0.1) is 12.4 Å². The van der Waals surface area contributed by atoms with Crippen molar-refractivity contribution in [3.05, 3.63) is 65.2 Å². The number of hydrogen-bond acceptors (Lipinski definition) is 5. The van der Waals surface area contributed by atoms with Gasteiger partial charge in [-0.25, -0.2) is 28.7 Å². The van der Waals surface area contributed by atoms with Crippen LogP contribution in [0, 0.1) is 18.6 Å². The Morgan fingerprint density at radius 3 is 2.31 bits per heavy atom. The van der Waals surface area contributed by atoms with E-state index in [1.54, 1.807) is 12.1 Å². The molecule has 1 aliphatic rings. The summed E-state index contributed by atoms with van der Waals surface area (Å²) in [4.78, 5) is 19.5. The number of hydrogen-bond donors (Lipinski definition) is 0. The quantitative estimate of drug-likeness (QED) is 0.708. The highest BCUT2D eigenvalue weighted by Crippen LogP contribution is 2.23. The van der Waals surface area contributed by atoms with Gasteiger partial charge in [0, 0.05) is 36.5 Å². The molecule has 1 aliphatic heterocycles. The lowest BCUT2D eigenvalue weighted by molar-refractivity contribution is 0.610. The fourth-order valence-electron chi connectivity index (χ4n) is 3.18. The topological polar surface area (TPSA) is 54.8 Å². The maximum Gasteiger partial charge on any atom is 0.225 e. The van der Waals surface area contributed by atoms with E-state index < -0.39 is 5.82 Å². The number of rotatable bonds is 2. The van der Waals surface area contributed by atoms with Crippen molar-refractivity contribution in [3.63, 3.8) is 0 Å².